The average Bonchev–Trinajstić information content (AvgIpc) is 3.34. The van der Waals surface area contributed by atoms with Gasteiger partial charge < -0.3 is 30.0 Å². The van der Waals surface area contributed by atoms with Crippen LogP contribution in [0.5, 0.6) is 5.75 Å². The molecule has 0 unspecified atom stereocenters. The molecule has 0 aliphatic carbocycles. The molecule has 42 heavy (non-hydrogen) atoms. The van der Waals surface area contributed by atoms with Gasteiger partial charge in [-0.25, -0.2) is 19.6 Å². The molecular formula is C24H26BrF6N5O6. The molecule has 4 rings (SSSR count). The Morgan fingerprint density at radius 2 is 1.60 bits per heavy atom. The van der Waals surface area contributed by atoms with E-state index >= 15 is 0 Å². The minimum atomic E-state index is -5.08. The van der Waals surface area contributed by atoms with Crippen molar-refractivity contribution >= 4 is 39.0 Å². The van der Waals surface area contributed by atoms with E-state index in [0.717, 1.165) is 78.7 Å². The smallest absolute Gasteiger partial charge is 0.490 e. The van der Waals surface area contributed by atoms with Crippen LogP contribution in [-0.4, -0.2) is 107 Å². The van der Waals surface area contributed by atoms with E-state index < -0.39 is 24.3 Å². The molecule has 18 heteroatoms. The molecule has 0 amide bonds. The first-order valence-corrected chi connectivity index (χ1v) is 12.8. The number of nitrogens with one attached hydrogen (secondary N) is 2. The number of aromatic nitrogens is 3. The van der Waals surface area contributed by atoms with Gasteiger partial charge in [0.25, 0.3) is 0 Å². The Morgan fingerprint density at radius 3 is 2.14 bits per heavy atom. The van der Waals surface area contributed by atoms with Gasteiger partial charge in [0.1, 0.15) is 23.7 Å². The van der Waals surface area contributed by atoms with Gasteiger partial charge in [0.05, 0.1) is 13.2 Å². The molecule has 1 fully saturated rings. The summed E-state index contributed by atoms with van der Waals surface area (Å²) in [4.78, 5) is 32.4. The first kappa shape index (κ1) is 34.7. The molecule has 1 saturated heterocycles. The lowest BCUT2D eigenvalue weighted by molar-refractivity contribution is -0.193. The highest BCUT2D eigenvalue weighted by atomic mass is 79.9. The summed E-state index contributed by atoms with van der Waals surface area (Å²) in [5.41, 5.74) is 2.62. The van der Waals surface area contributed by atoms with E-state index in [0.29, 0.717) is 6.61 Å². The number of carbonyl (C=O) groups is 2. The van der Waals surface area contributed by atoms with Gasteiger partial charge in [-0.15, -0.1) is 0 Å². The van der Waals surface area contributed by atoms with Crippen molar-refractivity contribution in [1.82, 2.24) is 25.2 Å². The third-order valence-electron chi connectivity index (χ3n) is 5.17. The summed E-state index contributed by atoms with van der Waals surface area (Å²) in [6.45, 7) is 7.26. The molecule has 0 bridgehead atoms. The van der Waals surface area contributed by atoms with E-state index in [1.54, 1.807) is 6.20 Å². The number of aliphatic carboxylic acids is 2. The van der Waals surface area contributed by atoms with Crippen LogP contribution in [-0.2, 0) is 14.3 Å². The van der Waals surface area contributed by atoms with Gasteiger partial charge in [-0.2, -0.15) is 26.3 Å². The molecule has 1 aliphatic heterocycles. The predicted molar refractivity (Wildman–Crippen MR) is 140 cm³/mol. The molecule has 3 heterocycles. The first-order valence-electron chi connectivity index (χ1n) is 12.0. The van der Waals surface area contributed by atoms with Gasteiger partial charge in [-0.05, 0) is 46.3 Å². The Balaban J connectivity index is 0.000000367. The van der Waals surface area contributed by atoms with E-state index in [1.807, 2.05) is 30.3 Å². The van der Waals surface area contributed by atoms with Crippen LogP contribution in [0.25, 0.3) is 22.6 Å². The number of hydrogen-bond acceptors (Lipinski definition) is 8. The fourth-order valence-electron chi connectivity index (χ4n) is 3.14. The van der Waals surface area contributed by atoms with E-state index in [-0.39, 0.29) is 0 Å². The average molecular weight is 674 g/mol. The maximum Gasteiger partial charge on any atom is 0.490 e. The van der Waals surface area contributed by atoms with Gasteiger partial charge in [0.2, 0.25) is 0 Å². The van der Waals surface area contributed by atoms with Crippen molar-refractivity contribution in [3.63, 3.8) is 0 Å². The molecular weight excluding hydrogens is 648 g/mol. The van der Waals surface area contributed by atoms with Gasteiger partial charge in [-0.3, -0.25) is 4.90 Å². The van der Waals surface area contributed by atoms with Crippen molar-refractivity contribution in [2.45, 2.75) is 12.4 Å². The zero-order chi connectivity index (χ0) is 31.3. The van der Waals surface area contributed by atoms with Gasteiger partial charge >= 0.3 is 24.3 Å². The number of rotatable bonds is 8. The number of ether oxygens (including phenoxy) is 2. The van der Waals surface area contributed by atoms with Crippen LogP contribution in [0.1, 0.15) is 0 Å². The third-order valence-corrected chi connectivity index (χ3v) is 5.61. The van der Waals surface area contributed by atoms with Crippen LogP contribution < -0.4 is 10.1 Å². The number of fused-ring (bicyclic) bond motifs is 1. The second kappa shape index (κ2) is 16.2. The molecule has 0 radical (unpaired) electrons. The summed E-state index contributed by atoms with van der Waals surface area (Å²) in [7, 11) is 0. The zero-order valence-corrected chi connectivity index (χ0v) is 23.2. The standard InChI is InChI=1S/C20H24BrN5O2.2C2HF3O2/c21-16-13-18-20(23-14-16)25-19(24-18)15-1-3-17(4-2-15)28-10-6-22-5-7-26-8-11-27-12-9-26;2*3-2(4,5)1(6)7/h1-4,13-14,22H,5-12H2,(H,23,24,25);2*(H,6,7). The minimum absolute atomic E-state index is 0.644. The Morgan fingerprint density at radius 1 is 1.02 bits per heavy atom. The number of hydrogen-bond donors (Lipinski definition) is 4. The SMILES string of the molecule is Brc1cnc2[nH]c(-c3ccc(OCCNCCN4CCOCC4)cc3)nc2c1.O=C(O)C(F)(F)F.O=C(O)C(F)(F)F. The highest BCUT2D eigenvalue weighted by Gasteiger charge is 2.38. The minimum Gasteiger partial charge on any atom is -0.492 e. The van der Waals surface area contributed by atoms with Crippen molar-refractivity contribution < 1.29 is 55.6 Å². The number of benzene rings is 1. The predicted octanol–water partition coefficient (Wildman–Crippen LogP) is 3.95. The molecule has 232 valence electrons. The molecule has 3 aromatic rings. The molecule has 11 nitrogen and oxygen atoms in total. The molecule has 0 saturated carbocycles. The highest BCUT2D eigenvalue weighted by Crippen LogP contribution is 2.23. The van der Waals surface area contributed by atoms with Crippen LogP contribution in [0.4, 0.5) is 26.3 Å². The number of morpholine rings is 1. The summed E-state index contributed by atoms with van der Waals surface area (Å²) in [5, 5.41) is 17.7. The summed E-state index contributed by atoms with van der Waals surface area (Å²) < 4.78 is 75.6. The maximum absolute atomic E-state index is 10.6. The third kappa shape index (κ3) is 12.6. The van der Waals surface area contributed by atoms with Gasteiger partial charge in [-0.1, -0.05) is 0 Å². The second-order valence-corrected chi connectivity index (χ2v) is 9.21. The number of carboxylic acids is 2. The first-order chi connectivity index (χ1) is 19.7. The largest absolute Gasteiger partial charge is 0.492 e. The van der Waals surface area contributed by atoms with Crippen molar-refractivity contribution in [2.24, 2.45) is 0 Å². The van der Waals surface area contributed by atoms with E-state index in [2.05, 4.69) is 41.1 Å². The van der Waals surface area contributed by atoms with Crippen LogP contribution in [0.2, 0.25) is 0 Å². The molecule has 1 aromatic carbocycles. The number of aromatic amines is 1. The maximum atomic E-state index is 10.6. The van der Waals surface area contributed by atoms with Crippen molar-refractivity contribution in [1.29, 1.82) is 0 Å². The lowest BCUT2D eigenvalue weighted by Gasteiger charge is -2.26. The van der Waals surface area contributed by atoms with E-state index in [1.165, 1.54) is 0 Å². The number of nitrogens with zero attached hydrogens (tertiary/aromatic N) is 3. The number of halogens is 7. The van der Waals surface area contributed by atoms with Crippen LogP contribution in [0.3, 0.4) is 0 Å². The van der Waals surface area contributed by atoms with E-state index in [9.17, 15) is 26.3 Å². The quantitative estimate of drug-likeness (QED) is 0.204. The summed E-state index contributed by atoms with van der Waals surface area (Å²) in [6.07, 6.45) is -8.41. The van der Waals surface area contributed by atoms with Crippen molar-refractivity contribution in [2.75, 3.05) is 52.5 Å². The fourth-order valence-corrected chi connectivity index (χ4v) is 3.46. The number of pyridine rings is 1. The number of H-pyrrole nitrogens is 1. The number of carboxylic acid groups (broad SMARTS) is 2. The molecule has 4 N–H and O–H groups in total. The summed E-state index contributed by atoms with van der Waals surface area (Å²) in [6, 6.07) is 9.91. The molecule has 2 aromatic heterocycles. The summed E-state index contributed by atoms with van der Waals surface area (Å²) >= 11 is 3.42. The Kier molecular flexibility index (Phi) is 13.4. The fraction of sp³-hybridized carbons (Fsp3) is 0.417. The number of imidazole rings is 1. The molecule has 0 atom stereocenters. The molecule has 0 spiro atoms. The Bertz CT molecular complexity index is 1260. The zero-order valence-electron chi connectivity index (χ0n) is 21.6. The van der Waals surface area contributed by atoms with E-state index in [4.69, 9.17) is 29.3 Å². The van der Waals surface area contributed by atoms with Crippen molar-refractivity contribution in [3.8, 4) is 17.1 Å². The summed E-state index contributed by atoms with van der Waals surface area (Å²) in [5.74, 6) is -3.85. The normalized spacial score (nSPS) is 13.9. The second-order valence-electron chi connectivity index (χ2n) is 8.29. The van der Waals surface area contributed by atoms with Gasteiger partial charge in [0.15, 0.2) is 5.65 Å². The number of alkyl halides is 6. The van der Waals surface area contributed by atoms with Crippen LogP contribution in [0, 0.1) is 0 Å². The topological polar surface area (TPSA) is 150 Å². The van der Waals surface area contributed by atoms with Crippen LogP contribution >= 0.6 is 15.9 Å². The van der Waals surface area contributed by atoms with Gasteiger partial charge in [0, 0.05) is 49.0 Å². The van der Waals surface area contributed by atoms with Crippen molar-refractivity contribution in [3.05, 3.63) is 41.0 Å². The van der Waals surface area contributed by atoms with Crippen LogP contribution in [0.15, 0.2) is 41.0 Å². The Labute approximate surface area is 243 Å². The molecule has 1 aliphatic rings. The monoisotopic (exact) mass is 673 g/mol. The lowest BCUT2D eigenvalue weighted by atomic mass is 10.2. The lowest BCUT2D eigenvalue weighted by Crippen LogP contribution is -2.40. The highest BCUT2D eigenvalue weighted by molar-refractivity contribution is 9.10. The Hall–Kier alpha value is -3.48.